The highest BCUT2D eigenvalue weighted by atomic mass is 13.9. The molecule has 0 bridgehead atoms. The molecule has 0 saturated carbocycles. The summed E-state index contributed by atoms with van der Waals surface area (Å²) in [4.78, 5) is 0. The summed E-state index contributed by atoms with van der Waals surface area (Å²) < 4.78 is 0. The lowest BCUT2D eigenvalue weighted by atomic mass is 9.46. The molecule has 0 N–H and O–H groups in total. The minimum atomic E-state index is 0.880. The normalized spacial score (nSPS) is 10.1. The van der Waals surface area contributed by atoms with Crippen LogP contribution in [0.1, 0.15) is 20.8 Å². The summed E-state index contributed by atoms with van der Waals surface area (Å²) in [6.45, 7) is 10.1. The van der Waals surface area contributed by atoms with Gasteiger partial charge in [-0.25, -0.2) is 0 Å². The van der Waals surface area contributed by atoms with Gasteiger partial charge in [-0.3, -0.25) is 0 Å². The average Bonchev–Trinajstić information content (AvgIpc) is 1.65. The molecule has 0 heterocycles. The number of hydrogen-bond donors (Lipinski definition) is 0. The van der Waals surface area contributed by atoms with Gasteiger partial charge in [0.1, 0.15) is 6.71 Å². The minimum absolute atomic E-state index is 0.880. The molecule has 0 unspecified atom stereocenters. The topological polar surface area (TPSA) is 0 Å². The Morgan fingerprint density at radius 2 is 1.88 bits per heavy atom. The Hall–Kier alpha value is 0.0649. The molecule has 0 radical (unpaired) electrons. The van der Waals surface area contributed by atoms with Crippen molar-refractivity contribution in [2.24, 2.45) is 5.92 Å². The molecule has 0 aliphatic rings. The third kappa shape index (κ3) is 4.23. The predicted molar refractivity (Wildman–Crippen MR) is 41.7 cm³/mol. The summed E-state index contributed by atoms with van der Waals surface area (Å²) in [5.74, 6) is 0.880. The van der Waals surface area contributed by atoms with Gasteiger partial charge in [0.05, 0.1) is 0 Å². The maximum atomic E-state index is 2.32. The second-order valence-electron chi connectivity index (χ2n) is 3.14. The van der Waals surface area contributed by atoms with Crippen LogP contribution in [-0.4, -0.2) is 6.71 Å². The Balaban J connectivity index is 3.10. The van der Waals surface area contributed by atoms with E-state index >= 15 is 0 Å². The van der Waals surface area contributed by atoms with E-state index < -0.39 is 0 Å². The lowest BCUT2D eigenvalue weighted by Crippen LogP contribution is -2.07. The van der Waals surface area contributed by atoms with Gasteiger partial charge < -0.3 is 0 Å². The predicted octanol–water partition coefficient (Wildman–Crippen LogP) is 2.79. The van der Waals surface area contributed by atoms with Gasteiger partial charge in [-0.05, 0) is 0 Å². The van der Waals surface area contributed by atoms with Crippen LogP contribution < -0.4 is 0 Å². The van der Waals surface area contributed by atoms with Crippen LogP contribution in [0.4, 0.5) is 0 Å². The van der Waals surface area contributed by atoms with Gasteiger partial charge in [-0.15, -0.1) is 0 Å². The molecule has 8 heavy (non-hydrogen) atoms. The molecule has 0 saturated heterocycles. The first kappa shape index (κ1) is 8.06. The van der Waals surface area contributed by atoms with E-state index in [1.165, 1.54) is 12.6 Å². The van der Waals surface area contributed by atoms with Crippen LogP contribution in [0.5, 0.6) is 0 Å². The van der Waals surface area contributed by atoms with E-state index in [-0.39, 0.29) is 0 Å². The first-order valence-electron chi connectivity index (χ1n) is 3.66. The maximum Gasteiger partial charge on any atom is 0.136 e. The summed E-state index contributed by atoms with van der Waals surface area (Å²) in [6.07, 6.45) is 2.72. The summed E-state index contributed by atoms with van der Waals surface area (Å²) in [5.41, 5.74) is 0. The van der Waals surface area contributed by atoms with E-state index in [4.69, 9.17) is 0 Å². The fourth-order valence-corrected chi connectivity index (χ4v) is 0.971. The molecule has 0 amide bonds. The zero-order valence-corrected chi connectivity index (χ0v) is 6.57. The molecule has 0 fully saturated rings. The van der Waals surface area contributed by atoms with Crippen molar-refractivity contribution < 1.29 is 0 Å². The Morgan fingerprint density at radius 3 is 2.00 bits per heavy atom. The van der Waals surface area contributed by atoms with Crippen LogP contribution in [0, 0.1) is 5.92 Å². The van der Waals surface area contributed by atoms with Gasteiger partial charge >= 0.3 is 0 Å². The maximum absolute atomic E-state index is 2.32. The molecule has 0 aromatic heterocycles. The molecule has 1 heteroatoms. The first-order valence-corrected chi connectivity index (χ1v) is 3.66. The number of rotatable bonds is 3. The molecule has 48 valence electrons. The minimum Gasteiger partial charge on any atom is -0.0861 e. The summed E-state index contributed by atoms with van der Waals surface area (Å²) in [7, 11) is 0. The van der Waals surface area contributed by atoms with Crippen molar-refractivity contribution in [2.75, 3.05) is 0 Å². The molecule has 0 spiro atoms. The van der Waals surface area contributed by atoms with Crippen molar-refractivity contribution in [1.82, 2.24) is 0 Å². The lowest BCUT2D eigenvalue weighted by Gasteiger charge is -2.06. The summed E-state index contributed by atoms with van der Waals surface area (Å²) in [5, 5.41) is 0. The zero-order chi connectivity index (χ0) is 6.57. The molecule has 0 nitrogen and oxygen atoms in total. The fraction of sp³-hybridized carbons (Fsp3) is 1.00. The van der Waals surface area contributed by atoms with Crippen molar-refractivity contribution in [3.05, 3.63) is 0 Å². The lowest BCUT2D eigenvalue weighted by molar-refractivity contribution is 0.724. The van der Waals surface area contributed by atoms with E-state index in [1.54, 1.807) is 0 Å². The van der Waals surface area contributed by atoms with Crippen molar-refractivity contribution in [3.8, 4) is 0 Å². The molecule has 0 aromatic carbocycles. The van der Waals surface area contributed by atoms with Gasteiger partial charge in [0.15, 0.2) is 0 Å². The van der Waals surface area contributed by atoms with Gasteiger partial charge in [-0.1, -0.05) is 46.2 Å². The largest absolute Gasteiger partial charge is 0.136 e. The van der Waals surface area contributed by atoms with Gasteiger partial charge in [-0.2, -0.15) is 0 Å². The fourth-order valence-electron chi connectivity index (χ4n) is 0.971. The summed E-state index contributed by atoms with van der Waals surface area (Å²) in [6, 6.07) is 0. The van der Waals surface area contributed by atoms with Gasteiger partial charge in [0.2, 0.25) is 0 Å². The van der Waals surface area contributed by atoms with Crippen molar-refractivity contribution in [2.45, 2.75) is 40.2 Å². The zero-order valence-electron chi connectivity index (χ0n) is 6.57. The van der Waals surface area contributed by atoms with Crippen LogP contribution in [0.2, 0.25) is 19.5 Å². The summed E-state index contributed by atoms with van der Waals surface area (Å²) >= 11 is 0. The van der Waals surface area contributed by atoms with E-state index in [1.807, 2.05) is 0 Å². The van der Waals surface area contributed by atoms with Crippen LogP contribution in [-0.2, 0) is 0 Å². The molecule has 0 atom stereocenters. The molecule has 0 aliphatic heterocycles. The van der Waals surface area contributed by atoms with Crippen LogP contribution >= 0.6 is 0 Å². The second-order valence-corrected chi connectivity index (χ2v) is 3.14. The second kappa shape index (κ2) is 4.00. The number of hydrogen-bond acceptors (Lipinski definition) is 0. The molecule has 0 aliphatic carbocycles. The molecular weight excluding hydrogens is 94.9 g/mol. The smallest absolute Gasteiger partial charge is 0.0861 e. The van der Waals surface area contributed by atoms with E-state index in [0.717, 1.165) is 12.6 Å². The van der Waals surface area contributed by atoms with E-state index in [0.29, 0.717) is 0 Å². The van der Waals surface area contributed by atoms with E-state index in [2.05, 4.69) is 27.6 Å². The van der Waals surface area contributed by atoms with Crippen LogP contribution in [0.25, 0.3) is 0 Å². The standard InChI is InChI=1S/C7H17B/c1-5-8(4)6-7(2)3/h7H,5-6H2,1-4H3. The highest BCUT2D eigenvalue weighted by molar-refractivity contribution is 6.57. The highest BCUT2D eigenvalue weighted by Crippen LogP contribution is 2.07. The van der Waals surface area contributed by atoms with Crippen molar-refractivity contribution >= 4 is 6.71 Å². The molecule has 0 rings (SSSR count). The SMILES string of the molecule is CCB(C)CC(C)C. The van der Waals surface area contributed by atoms with Crippen molar-refractivity contribution in [1.29, 1.82) is 0 Å². The Kier molecular flexibility index (Phi) is 4.03. The molecule has 0 aromatic rings. The Labute approximate surface area is 53.8 Å². The van der Waals surface area contributed by atoms with Crippen molar-refractivity contribution in [3.63, 3.8) is 0 Å². The first-order chi connectivity index (χ1) is 3.66. The van der Waals surface area contributed by atoms with Gasteiger partial charge in [0.25, 0.3) is 0 Å². The Morgan fingerprint density at radius 1 is 1.38 bits per heavy atom. The molecular formula is C7H17B. The quantitative estimate of drug-likeness (QED) is 0.492. The monoisotopic (exact) mass is 112 g/mol. The van der Waals surface area contributed by atoms with Crippen LogP contribution in [0.3, 0.4) is 0 Å². The van der Waals surface area contributed by atoms with Gasteiger partial charge in [0, 0.05) is 0 Å². The highest BCUT2D eigenvalue weighted by Gasteiger charge is 2.04. The van der Waals surface area contributed by atoms with E-state index in [9.17, 15) is 0 Å². The average molecular weight is 112 g/mol. The van der Waals surface area contributed by atoms with Crippen LogP contribution in [0.15, 0.2) is 0 Å². The third-order valence-corrected chi connectivity index (χ3v) is 1.57. The third-order valence-electron chi connectivity index (χ3n) is 1.57. The Bertz CT molecular complexity index is 50.3.